The van der Waals surface area contributed by atoms with Crippen LogP contribution in [0.4, 0.5) is 5.69 Å². The van der Waals surface area contributed by atoms with Gasteiger partial charge in [0.15, 0.2) is 0 Å². The number of amides is 1. The van der Waals surface area contributed by atoms with Gasteiger partial charge in [-0.25, -0.2) is 4.79 Å². The molecule has 0 aromatic heterocycles. The average Bonchev–Trinajstić information content (AvgIpc) is 3.05. The Morgan fingerprint density at radius 2 is 1.87 bits per heavy atom. The molecule has 9 heteroatoms. The number of ether oxygens (including phenoxy) is 1. The molecule has 0 radical (unpaired) electrons. The molecule has 2 heterocycles. The molecular weight excluding hydrogens is 418 g/mol. The van der Waals surface area contributed by atoms with Crippen molar-refractivity contribution in [3.05, 3.63) is 39.9 Å². The first-order valence-corrected chi connectivity index (χ1v) is 11.9. The van der Waals surface area contributed by atoms with Crippen LogP contribution in [0.1, 0.15) is 46.1 Å². The molecule has 2 aliphatic rings. The summed E-state index contributed by atoms with van der Waals surface area (Å²) in [5.41, 5.74) is 0.675. The summed E-state index contributed by atoms with van der Waals surface area (Å²) in [5.74, 6) is -0.374. The lowest BCUT2D eigenvalue weighted by atomic mass is 10.0. The van der Waals surface area contributed by atoms with Crippen molar-refractivity contribution in [1.82, 2.24) is 4.90 Å². The lowest BCUT2D eigenvalue weighted by molar-refractivity contribution is -0.931. The van der Waals surface area contributed by atoms with E-state index in [2.05, 4.69) is 27.7 Å². The number of β-lactam (4-membered cyclic amide) rings is 1. The Bertz CT molecular complexity index is 819. The van der Waals surface area contributed by atoms with Gasteiger partial charge in [0.1, 0.15) is 18.0 Å². The van der Waals surface area contributed by atoms with E-state index in [4.69, 9.17) is 4.74 Å². The van der Waals surface area contributed by atoms with Crippen molar-refractivity contribution >= 4 is 29.3 Å². The lowest BCUT2D eigenvalue weighted by Crippen LogP contribution is -2.56. The zero-order chi connectivity index (χ0) is 22.8. The first-order chi connectivity index (χ1) is 14.8. The fourth-order valence-electron chi connectivity index (χ4n) is 4.83. The van der Waals surface area contributed by atoms with E-state index in [1.807, 2.05) is 0 Å². The van der Waals surface area contributed by atoms with Gasteiger partial charge in [0.05, 0.1) is 24.6 Å². The molecule has 1 amide bonds. The quantitative estimate of drug-likeness (QED) is 0.136. The van der Waals surface area contributed by atoms with Crippen molar-refractivity contribution in [2.24, 2.45) is 0 Å². The minimum absolute atomic E-state index is 0.00489. The summed E-state index contributed by atoms with van der Waals surface area (Å²) in [7, 11) is 0. The number of hydrogen-bond donors (Lipinski definition) is 0. The second-order valence-electron chi connectivity index (χ2n) is 8.31. The largest absolute Gasteiger partial charge is 0.459 e. The van der Waals surface area contributed by atoms with Gasteiger partial charge in [0, 0.05) is 29.8 Å². The fourth-order valence-corrected chi connectivity index (χ4v) is 6.76. The highest BCUT2D eigenvalue weighted by Gasteiger charge is 2.55. The molecule has 0 saturated carbocycles. The normalized spacial score (nSPS) is 23.8. The average molecular weight is 451 g/mol. The first kappa shape index (κ1) is 23.5. The summed E-state index contributed by atoms with van der Waals surface area (Å²) in [6, 6.07) is 5.52. The summed E-state index contributed by atoms with van der Waals surface area (Å²) in [6.07, 6.45) is 1.32. The van der Waals surface area contributed by atoms with Crippen LogP contribution >= 0.6 is 11.8 Å². The number of nitro benzene ring substituents is 1. The molecule has 1 aromatic carbocycles. The maximum Gasteiger partial charge on any atom is 0.330 e. The van der Waals surface area contributed by atoms with Crippen LogP contribution in [0.5, 0.6) is 0 Å². The first-order valence-electron chi connectivity index (χ1n) is 11.0. The number of rotatable bonds is 10. The number of nitro groups is 1. The molecule has 3 rings (SSSR count). The van der Waals surface area contributed by atoms with Crippen LogP contribution in [-0.2, 0) is 20.9 Å². The van der Waals surface area contributed by atoms with Gasteiger partial charge >= 0.3 is 5.97 Å². The zero-order valence-electron chi connectivity index (χ0n) is 18.7. The Kier molecular flexibility index (Phi) is 7.26. The van der Waals surface area contributed by atoms with Gasteiger partial charge < -0.3 is 14.1 Å². The number of fused-ring (bicyclic) bond motifs is 1. The maximum absolute atomic E-state index is 13.0. The van der Waals surface area contributed by atoms with Crippen LogP contribution in [0.25, 0.3) is 0 Å². The van der Waals surface area contributed by atoms with Gasteiger partial charge in [-0.2, -0.15) is 0 Å². The van der Waals surface area contributed by atoms with E-state index in [1.54, 1.807) is 28.8 Å². The van der Waals surface area contributed by atoms with E-state index < -0.39 is 11.0 Å². The third-order valence-corrected chi connectivity index (χ3v) is 8.69. The number of thioether (sulfide) groups is 1. The molecular formula is C22H32N3O5S+. The molecule has 31 heavy (non-hydrogen) atoms. The number of quaternary nitrogens is 1. The third kappa shape index (κ3) is 4.57. The molecule has 2 saturated heterocycles. The smallest absolute Gasteiger partial charge is 0.330 e. The van der Waals surface area contributed by atoms with E-state index >= 15 is 0 Å². The molecule has 0 spiro atoms. The number of esters is 1. The second-order valence-corrected chi connectivity index (χ2v) is 9.87. The lowest BCUT2D eigenvalue weighted by Gasteiger charge is -2.42. The Labute approximate surface area is 187 Å². The van der Waals surface area contributed by atoms with Crippen LogP contribution in [0.15, 0.2) is 24.3 Å². The highest BCUT2D eigenvalue weighted by molar-refractivity contribution is 8.00. The predicted molar refractivity (Wildman–Crippen MR) is 119 cm³/mol. The summed E-state index contributed by atoms with van der Waals surface area (Å²) < 4.78 is 6.53. The number of non-ortho nitro benzene ring substituents is 1. The summed E-state index contributed by atoms with van der Waals surface area (Å²) in [5, 5.41) is 11.1. The molecule has 4 atom stereocenters. The molecule has 2 aliphatic heterocycles. The minimum Gasteiger partial charge on any atom is -0.459 e. The Balaban J connectivity index is 1.69. The Morgan fingerprint density at radius 1 is 1.26 bits per heavy atom. The minimum atomic E-state index is -0.566. The third-order valence-electron chi connectivity index (χ3n) is 7.05. The summed E-state index contributed by atoms with van der Waals surface area (Å²) >= 11 is 1.80. The van der Waals surface area contributed by atoms with Gasteiger partial charge in [0.25, 0.3) is 5.69 Å². The van der Waals surface area contributed by atoms with Gasteiger partial charge in [0.2, 0.25) is 5.91 Å². The molecule has 1 aromatic rings. The Morgan fingerprint density at radius 3 is 2.39 bits per heavy atom. The zero-order valence-corrected chi connectivity index (χ0v) is 19.5. The molecule has 4 unspecified atom stereocenters. The second kappa shape index (κ2) is 9.56. The monoisotopic (exact) mass is 450 g/mol. The summed E-state index contributed by atoms with van der Waals surface area (Å²) in [4.78, 5) is 37.3. The topological polar surface area (TPSA) is 89.8 Å². The molecule has 170 valence electrons. The highest BCUT2D eigenvalue weighted by atomic mass is 32.2. The van der Waals surface area contributed by atoms with Crippen molar-refractivity contribution in [2.75, 3.05) is 19.6 Å². The van der Waals surface area contributed by atoms with Gasteiger partial charge in [-0.1, -0.05) is 11.8 Å². The van der Waals surface area contributed by atoms with E-state index in [0.29, 0.717) is 17.4 Å². The van der Waals surface area contributed by atoms with Crippen LogP contribution < -0.4 is 0 Å². The number of nitrogens with zero attached hydrogens (tertiary/aromatic N) is 3. The number of carbonyl (C=O) groups excluding carboxylic acids is 2. The van der Waals surface area contributed by atoms with Crippen LogP contribution in [0, 0.1) is 10.1 Å². The van der Waals surface area contributed by atoms with Crippen molar-refractivity contribution in [2.45, 2.75) is 69.9 Å². The molecule has 0 bridgehead atoms. The number of hydrogen-bond acceptors (Lipinski definition) is 6. The number of carbonyl (C=O) groups is 2. The predicted octanol–water partition coefficient (Wildman–Crippen LogP) is 3.34. The van der Waals surface area contributed by atoms with Crippen LogP contribution in [0.2, 0.25) is 0 Å². The van der Waals surface area contributed by atoms with Crippen molar-refractivity contribution in [1.29, 1.82) is 0 Å². The van der Waals surface area contributed by atoms with Gasteiger partial charge in [-0.05, 0) is 51.8 Å². The van der Waals surface area contributed by atoms with Crippen LogP contribution in [-0.4, -0.2) is 68.5 Å². The van der Waals surface area contributed by atoms with Crippen LogP contribution in [0.3, 0.4) is 0 Å². The van der Waals surface area contributed by atoms with E-state index in [1.165, 1.54) is 12.1 Å². The highest BCUT2D eigenvalue weighted by Crippen LogP contribution is 2.44. The molecule has 2 fully saturated rings. The fraction of sp³-hybridized carbons (Fsp3) is 0.636. The SMILES string of the molecule is CC[N+](CC)(CC)C(C)SC1CC2CC(=O)N2C1C(=O)OCc1ccc([N+](=O)[O-])cc1. The van der Waals surface area contributed by atoms with E-state index in [9.17, 15) is 19.7 Å². The van der Waals surface area contributed by atoms with E-state index in [-0.39, 0.29) is 35.5 Å². The molecule has 0 N–H and O–H groups in total. The van der Waals surface area contributed by atoms with Crippen molar-refractivity contribution in [3.8, 4) is 0 Å². The standard InChI is InChI=1S/C22H32N3O5S/c1-5-25(6-2,7-3)15(4)31-19-12-18-13-20(26)23(18)21(19)22(27)30-14-16-8-10-17(11-9-16)24(28)29/h8-11,15,18-19,21H,5-7,12-14H2,1-4H3/q+1. The van der Waals surface area contributed by atoms with Crippen molar-refractivity contribution < 1.29 is 23.7 Å². The molecule has 0 aliphatic carbocycles. The van der Waals surface area contributed by atoms with Gasteiger partial charge in [-0.15, -0.1) is 0 Å². The maximum atomic E-state index is 13.0. The van der Waals surface area contributed by atoms with Gasteiger partial charge in [-0.3, -0.25) is 14.9 Å². The summed E-state index contributed by atoms with van der Waals surface area (Å²) in [6.45, 7) is 11.9. The Hall–Kier alpha value is -2.13. The van der Waals surface area contributed by atoms with E-state index in [0.717, 1.165) is 30.5 Å². The molecule has 8 nitrogen and oxygen atoms in total. The number of benzene rings is 1. The van der Waals surface area contributed by atoms with Crippen molar-refractivity contribution in [3.63, 3.8) is 0 Å².